The van der Waals surface area contributed by atoms with Gasteiger partial charge in [0.05, 0.1) is 0 Å². The molecule has 0 atom stereocenters. The van der Waals surface area contributed by atoms with E-state index in [2.05, 4.69) is 0 Å². The van der Waals surface area contributed by atoms with Crippen molar-refractivity contribution < 1.29 is 73.5 Å². The Bertz CT molecular complexity index is 1190. The highest BCUT2D eigenvalue weighted by Crippen LogP contribution is 2.59. The lowest BCUT2D eigenvalue weighted by Gasteiger charge is -2.39. The summed E-state index contributed by atoms with van der Waals surface area (Å²) in [5.41, 5.74) is 0. The van der Waals surface area contributed by atoms with Gasteiger partial charge in [-0.2, -0.15) is 26.3 Å². The number of alkyl halides is 6. The zero-order valence-electron chi connectivity index (χ0n) is 12.9. The Morgan fingerprint density at radius 3 is 1.17 bits per heavy atom. The molecule has 1 aromatic rings. The van der Waals surface area contributed by atoms with E-state index in [1.54, 1.807) is 0 Å². The minimum absolute atomic E-state index is 3.10. The van der Waals surface area contributed by atoms with Gasteiger partial charge in [0, 0.05) is 0 Å². The Balaban J connectivity index is 3.11. The molecular weight excluding hydrogens is 521 g/mol. The highest BCUT2D eigenvalue weighted by molar-refractivity contribution is 8.25. The maximum Gasteiger partial charge on any atom is 0.416 e. The maximum absolute atomic E-state index is 13.7. The number of hydrogen-bond donors (Lipinski definition) is 0. The summed E-state index contributed by atoms with van der Waals surface area (Å²) >= 11 is 0. The number of rotatable bonds is 2. The standard InChI is InChI=1S/C10HF11O6S3/c11-1-2(12)4(14)6(5(15)3(1)13)28(22,23)7-29(24,25)9(18,19)8(16,17)10(20,21)30(7,26)27/h7H. The molecule has 0 spiro atoms. The Kier molecular flexibility index (Phi) is 5.06. The van der Waals surface area contributed by atoms with Crippen LogP contribution in [0.25, 0.3) is 0 Å². The van der Waals surface area contributed by atoms with Crippen LogP contribution >= 0.6 is 0 Å². The van der Waals surface area contributed by atoms with Crippen molar-refractivity contribution in [2.24, 2.45) is 0 Å². The molecule has 1 saturated heterocycles. The van der Waals surface area contributed by atoms with Crippen LogP contribution in [0.4, 0.5) is 48.3 Å². The Morgan fingerprint density at radius 1 is 0.600 bits per heavy atom. The van der Waals surface area contributed by atoms with Crippen molar-refractivity contribution in [3.05, 3.63) is 29.1 Å². The van der Waals surface area contributed by atoms with Crippen LogP contribution in [0, 0.1) is 29.1 Å². The minimum atomic E-state index is -7.87. The molecule has 0 bridgehead atoms. The molecule has 0 N–H and O–H groups in total. The smallest absolute Gasteiger partial charge is 0.221 e. The molecule has 1 aliphatic rings. The second kappa shape index (κ2) is 6.17. The lowest BCUT2D eigenvalue weighted by atomic mass is 10.3. The van der Waals surface area contributed by atoms with Gasteiger partial charge in [-0.15, -0.1) is 0 Å². The van der Waals surface area contributed by atoms with E-state index >= 15 is 0 Å². The Hall–Kier alpha value is -1.70. The summed E-state index contributed by atoms with van der Waals surface area (Å²) in [4.78, 5) is -3.42. The number of hydrogen-bond acceptors (Lipinski definition) is 6. The van der Waals surface area contributed by atoms with Gasteiger partial charge in [-0.3, -0.25) is 0 Å². The van der Waals surface area contributed by atoms with Gasteiger partial charge in [-0.1, -0.05) is 0 Å². The molecule has 1 heterocycles. The van der Waals surface area contributed by atoms with Crippen molar-refractivity contribution in [1.29, 1.82) is 0 Å². The largest absolute Gasteiger partial charge is 0.416 e. The molecule has 1 fully saturated rings. The van der Waals surface area contributed by atoms with E-state index in [9.17, 15) is 73.5 Å². The molecule has 0 unspecified atom stereocenters. The third-order valence-electron chi connectivity index (χ3n) is 3.66. The van der Waals surface area contributed by atoms with Crippen molar-refractivity contribution in [3.8, 4) is 0 Å². The quantitative estimate of drug-likeness (QED) is 0.255. The van der Waals surface area contributed by atoms with E-state index < -0.39 is 83.8 Å². The van der Waals surface area contributed by atoms with Gasteiger partial charge in [0.15, 0.2) is 23.3 Å². The predicted molar refractivity (Wildman–Crippen MR) is 69.9 cm³/mol. The van der Waals surface area contributed by atoms with Gasteiger partial charge in [0.1, 0.15) is 4.90 Å². The van der Waals surface area contributed by atoms with E-state index in [-0.39, 0.29) is 0 Å². The van der Waals surface area contributed by atoms with E-state index in [0.717, 1.165) is 0 Å². The van der Waals surface area contributed by atoms with E-state index in [0.29, 0.717) is 0 Å². The molecule has 30 heavy (non-hydrogen) atoms. The van der Waals surface area contributed by atoms with E-state index in [1.165, 1.54) is 0 Å². The molecule has 2 rings (SSSR count). The first-order valence-electron chi connectivity index (χ1n) is 6.40. The van der Waals surface area contributed by atoms with Crippen LogP contribution in [0.3, 0.4) is 0 Å². The zero-order valence-corrected chi connectivity index (χ0v) is 15.4. The summed E-state index contributed by atoms with van der Waals surface area (Å²) in [6.45, 7) is 0. The fraction of sp³-hybridized carbons (Fsp3) is 0.400. The van der Waals surface area contributed by atoms with Gasteiger partial charge in [-0.05, 0) is 0 Å². The minimum Gasteiger partial charge on any atom is -0.221 e. The number of benzene rings is 1. The topological polar surface area (TPSA) is 102 Å². The second-order valence-corrected chi connectivity index (χ2v) is 12.4. The highest BCUT2D eigenvalue weighted by atomic mass is 32.3. The van der Waals surface area contributed by atoms with E-state index in [4.69, 9.17) is 0 Å². The summed E-state index contributed by atoms with van der Waals surface area (Å²) in [6, 6.07) is 0. The monoisotopic (exact) mass is 522 g/mol. The Labute approximate surface area is 158 Å². The highest BCUT2D eigenvalue weighted by Gasteiger charge is 2.90. The summed E-state index contributed by atoms with van der Waals surface area (Å²) in [7, 11) is -23.2. The molecule has 1 aliphatic heterocycles. The first kappa shape index (κ1) is 24.6. The van der Waals surface area contributed by atoms with Crippen molar-refractivity contribution in [1.82, 2.24) is 0 Å². The molecule has 0 aliphatic carbocycles. The van der Waals surface area contributed by atoms with Crippen LogP contribution < -0.4 is 0 Å². The Morgan fingerprint density at radius 2 is 0.867 bits per heavy atom. The number of halogens is 11. The van der Waals surface area contributed by atoms with Crippen LogP contribution in [0.2, 0.25) is 0 Å². The van der Waals surface area contributed by atoms with Gasteiger partial charge in [0.2, 0.25) is 15.7 Å². The molecule has 0 radical (unpaired) electrons. The van der Waals surface area contributed by atoms with Crippen molar-refractivity contribution in [2.45, 2.75) is 25.2 Å². The van der Waals surface area contributed by atoms with Gasteiger partial charge in [-0.25, -0.2) is 47.2 Å². The van der Waals surface area contributed by atoms with E-state index in [1.807, 2.05) is 0 Å². The summed E-state index contributed by atoms with van der Waals surface area (Å²) in [5.74, 6) is -23.8. The first-order chi connectivity index (χ1) is 13.0. The zero-order chi connectivity index (χ0) is 24.0. The fourth-order valence-electron chi connectivity index (χ4n) is 2.20. The predicted octanol–water partition coefficient (Wildman–Crippen LogP) is 2.10. The van der Waals surface area contributed by atoms with Crippen molar-refractivity contribution in [3.63, 3.8) is 0 Å². The average molecular weight is 522 g/mol. The fourth-order valence-corrected chi connectivity index (χ4v) is 10.6. The molecule has 0 amide bonds. The van der Waals surface area contributed by atoms with Crippen LogP contribution in [0.5, 0.6) is 0 Å². The molecule has 0 aromatic heterocycles. The first-order valence-corrected chi connectivity index (χ1v) is 11.0. The molecular formula is C10HF11O6S3. The van der Waals surface area contributed by atoms with Gasteiger partial charge < -0.3 is 0 Å². The van der Waals surface area contributed by atoms with Gasteiger partial charge >= 0.3 is 16.4 Å². The molecule has 0 saturated carbocycles. The molecule has 20 heteroatoms. The van der Waals surface area contributed by atoms with Crippen LogP contribution in [0.1, 0.15) is 0 Å². The van der Waals surface area contributed by atoms with Crippen LogP contribution in [0.15, 0.2) is 4.90 Å². The van der Waals surface area contributed by atoms with Crippen LogP contribution in [-0.2, 0) is 29.5 Å². The third kappa shape index (κ3) is 2.49. The third-order valence-corrected chi connectivity index (χ3v) is 12.6. The molecule has 1 aromatic carbocycles. The number of sulfone groups is 3. The summed E-state index contributed by atoms with van der Waals surface area (Å²) < 4.78 is 213. The molecule has 172 valence electrons. The SMILES string of the molecule is O=S(=O)(c1c(F)c(F)c(F)c(F)c1F)C1S(=O)(=O)C(F)(F)C(F)(F)C(F)(F)S1(=O)=O. The summed E-state index contributed by atoms with van der Waals surface area (Å²) in [6.07, 6.45) is 0. The van der Waals surface area contributed by atoms with Crippen molar-refractivity contribution in [2.75, 3.05) is 0 Å². The summed E-state index contributed by atoms with van der Waals surface area (Å²) in [5, 5.41) is -14.4. The van der Waals surface area contributed by atoms with Gasteiger partial charge in [0.25, 0.3) is 23.6 Å². The maximum atomic E-state index is 13.7. The molecule has 6 nitrogen and oxygen atoms in total. The van der Waals surface area contributed by atoms with Crippen molar-refractivity contribution >= 4 is 29.5 Å². The lowest BCUT2D eigenvalue weighted by Crippen LogP contribution is -2.71. The second-order valence-electron chi connectivity index (χ2n) is 5.43. The average Bonchev–Trinajstić information content (AvgIpc) is 2.55. The lowest BCUT2D eigenvalue weighted by molar-refractivity contribution is -0.245. The normalized spacial score (nSPS) is 24.5. The van der Waals surface area contributed by atoms with Crippen LogP contribution in [-0.4, -0.2) is 45.6 Å².